The van der Waals surface area contributed by atoms with E-state index in [0.29, 0.717) is 37.6 Å². The summed E-state index contributed by atoms with van der Waals surface area (Å²) >= 11 is 0. The minimum Gasteiger partial charge on any atom is -0.383 e. The number of aromatic amines is 1. The predicted octanol–water partition coefficient (Wildman–Crippen LogP) is 3.08. The third kappa shape index (κ3) is 4.61. The first-order valence-corrected chi connectivity index (χ1v) is 10.8. The molecule has 8 heteroatoms. The number of ether oxygens (including phenoxy) is 1. The molecule has 166 valence electrons. The van der Waals surface area contributed by atoms with Gasteiger partial charge in [0.05, 0.1) is 13.2 Å². The lowest BCUT2D eigenvalue weighted by Gasteiger charge is -2.30. The van der Waals surface area contributed by atoms with Crippen molar-refractivity contribution in [1.82, 2.24) is 30.1 Å². The van der Waals surface area contributed by atoms with E-state index in [1.807, 2.05) is 49.4 Å². The zero-order valence-electron chi connectivity index (χ0n) is 18.7. The van der Waals surface area contributed by atoms with Gasteiger partial charge in [0, 0.05) is 24.7 Å². The fraction of sp³-hybridized carbons (Fsp3) is 0.333. The highest BCUT2D eigenvalue weighted by molar-refractivity contribution is 5.79. The van der Waals surface area contributed by atoms with Crippen molar-refractivity contribution in [2.24, 2.45) is 0 Å². The van der Waals surface area contributed by atoms with Crippen molar-refractivity contribution in [2.75, 3.05) is 20.3 Å². The largest absolute Gasteiger partial charge is 0.383 e. The van der Waals surface area contributed by atoms with Crippen LogP contribution in [0.3, 0.4) is 0 Å². The SMILES string of the molecule is CCN(Cc1ccccc1)[C@H](c1cc2ccc(C)cc2[nH]c1=O)c1nnnn1CCOC. The van der Waals surface area contributed by atoms with Gasteiger partial charge in [-0.05, 0) is 52.5 Å². The first-order valence-electron chi connectivity index (χ1n) is 10.8. The monoisotopic (exact) mass is 432 g/mol. The highest BCUT2D eigenvalue weighted by Crippen LogP contribution is 2.28. The molecular formula is C24H28N6O2. The molecule has 0 spiro atoms. The second-order valence-electron chi connectivity index (χ2n) is 7.85. The maximum Gasteiger partial charge on any atom is 0.253 e. The molecule has 0 amide bonds. The Kier molecular flexibility index (Phi) is 6.72. The second kappa shape index (κ2) is 9.84. The average molecular weight is 433 g/mol. The zero-order chi connectivity index (χ0) is 22.5. The van der Waals surface area contributed by atoms with Gasteiger partial charge in [0.1, 0.15) is 6.04 Å². The summed E-state index contributed by atoms with van der Waals surface area (Å²) in [5.74, 6) is 0.622. The molecule has 0 radical (unpaired) electrons. The molecule has 0 unspecified atom stereocenters. The molecule has 8 nitrogen and oxygen atoms in total. The van der Waals surface area contributed by atoms with Crippen molar-refractivity contribution in [1.29, 1.82) is 0 Å². The van der Waals surface area contributed by atoms with Crippen molar-refractivity contribution < 1.29 is 4.74 Å². The van der Waals surface area contributed by atoms with Crippen LogP contribution in [0.4, 0.5) is 0 Å². The maximum absolute atomic E-state index is 13.3. The molecule has 2 heterocycles. The van der Waals surface area contributed by atoms with Crippen LogP contribution >= 0.6 is 0 Å². The van der Waals surface area contributed by atoms with Crippen LogP contribution in [0.5, 0.6) is 0 Å². The summed E-state index contributed by atoms with van der Waals surface area (Å²) < 4.78 is 6.96. The Hall–Kier alpha value is -3.36. The second-order valence-corrected chi connectivity index (χ2v) is 7.85. The van der Waals surface area contributed by atoms with Gasteiger partial charge in [-0.1, -0.05) is 49.4 Å². The lowest BCUT2D eigenvalue weighted by molar-refractivity contribution is 0.174. The van der Waals surface area contributed by atoms with Crippen molar-refractivity contribution in [3.8, 4) is 0 Å². The van der Waals surface area contributed by atoms with Gasteiger partial charge in [-0.25, -0.2) is 4.68 Å². The summed E-state index contributed by atoms with van der Waals surface area (Å²) in [6.07, 6.45) is 0. The van der Waals surface area contributed by atoms with E-state index in [1.165, 1.54) is 0 Å². The number of aryl methyl sites for hydroxylation is 1. The lowest BCUT2D eigenvalue weighted by atomic mass is 10.0. The quantitative estimate of drug-likeness (QED) is 0.437. The number of nitrogens with one attached hydrogen (secondary N) is 1. The summed E-state index contributed by atoms with van der Waals surface area (Å²) in [6.45, 7) is 6.44. The molecule has 2 aromatic carbocycles. The molecule has 2 aromatic heterocycles. The predicted molar refractivity (Wildman–Crippen MR) is 123 cm³/mol. The minimum atomic E-state index is -0.415. The Bertz CT molecular complexity index is 1230. The Morgan fingerprint density at radius 2 is 1.97 bits per heavy atom. The Morgan fingerprint density at radius 1 is 1.16 bits per heavy atom. The number of H-pyrrole nitrogens is 1. The van der Waals surface area contributed by atoms with E-state index in [4.69, 9.17) is 4.74 Å². The molecule has 0 saturated carbocycles. The van der Waals surface area contributed by atoms with Gasteiger partial charge in [-0.2, -0.15) is 0 Å². The molecule has 4 aromatic rings. The van der Waals surface area contributed by atoms with E-state index < -0.39 is 6.04 Å². The first-order chi connectivity index (χ1) is 15.6. The summed E-state index contributed by atoms with van der Waals surface area (Å²) in [6, 6.07) is 17.8. The highest BCUT2D eigenvalue weighted by Gasteiger charge is 2.29. The van der Waals surface area contributed by atoms with E-state index in [1.54, 1.807) is 11.8 Å². The number of nitrogens with zero attached hydrogens (tertiary/aromatic N) is 5. The Morgan fingerprint density at radius 3 is 2.72 bits per heavy atom. The molecule has 1 N–H and O–H groups in total. The molecule has 0 aliphatic heterocycles. The van der Waals surface area contributed by atoms with Crippen LogP contribution < -0.4 is 5.56 Å². The highest BCUT2D eigenvalue weighted by atomic mass is 16.5. The molecule has 32 heavy (non-hydrogen) atoms. The normalized spacial score (nSPS) is 12.5. The summed E-state index contributed by atoms with van der Waals surface area (Å²) in [5, 5.41) is 13.4. The smallest absolute Gasteiger partial charge is 0.253 e. The molecule has 1 atom stereocenters. The van der Waals surface area contributed by atoms with Gasteiger partial charge >= 0.3 is 0 Å². The summed E-state index contributed by atoms with van der Waals surface area (Å²) in [5.41, 5.74) is 3.56. The molecule has 0 aliphatic rings. The van der Waals surface area contributed by atoms with Crippen molar-refractivity contribution >= 4 is 10.9 Å². The number of rotatable bonds is 9. The van der Waals surface area contributed by atoms with Gasteiger partial charge in [0.15, 0.2) is 5.82 Å². The number of hydrogen-bond acceptors (Lipinski definition) is 6. The number of aromatic nitrogens is 5. The van der Waals surface area contributed by atoms with Crippen LogP contribution in [-0.2, 0) is 17.8 Å². The van der Waals surface area contributed by atoms with Crippen molar-refractivity contribution in [3.63, 3.8) is 0 Å². The number of pyridine rings is 1. The van der Waals surface area contributed by atoms with E-state index in [9.17, 15) is 4.79 Å². The fourth-order valence-electron chi connectivity index (χ4n) is 3.98. The van der Waals surface area contributed by atoms with Crippen LogP contribution in [0.25, 0.3) is 10.9 Å². The van der Waals surface area contributed by atoms with Gasteiger partial charge in [0.2, 0.25) is 0 Å². The van der Waals surface area contributed by atoms with Gasteiger partial charge in [-0.3, -0.25) is 9.69 Å². The number of hydrogen-bond donors (Lipinski definition) is 1. The minimum absolute atomic E-state index is 0.138. The van der Waals surface area contributed by atoms with Gasteiger partial charge in [0.25, 0.3) is 5.56 Å². The van der Waals surface area contributed by atoms with Crippen LogP contribution in [0.2, 0.25) is 0 Å². The summed E-state index contributed by atoms with van der Waals surface area (Å²) in [7, 11) is 1.64. The first kappa shape index (κ1) is 21.9. The number of tetrazole rings is 1. The zero-order valence-corrected chi connectivity index (χ0v) is 18.7. The molecule has 0 aliphatic carbocycles. The number of benzene rings is 2. The van der Waals surface area contributed by atoms with Gasteiger partial charge < -0.3 is 9.72 Å². The van der Waals surface area contributed by atoms with E-state index >= 15 is 0 Å². The number of methoxy groups -OCH3 is 1. The van der Waals surface area contributed by atoms with Crippen LogP contribution in [-0.4, -0.2) is 50.4 Å². The summed E-state index contributed by atoms with van der Waals surface area (Å²) in [4.78, 5) is 18.6. The van der Waals surface area contributed by atoms with E-state index in [0.717, 1.165) is 22.0 Å². The topological polar surface area (TPSA) is 88.9 Å². The van der Waals surface area contributed by atoms with Crippen LogP contribution in [0.15, 0.2) is 59.4 Å². The maximum atomic E-state index is 13.3. The lowest BCUT2D eigenvalue weighted by Crippen LogP contribution is -2.35. The molecular weight excluding hydrogens is 404 g/mol. The number of fused-ring (bicyclic) bond motifs is 1. The molecule has 0 saturated heterocycles. The molecule has 4 rings (SSSR count). The van der Waals surface area contributed by atoms with Crippen LogP contribution in [0, 0.1) is 6.92 Å². The molecule has 0 fully saturated rings. The average Bonchev–Trinajstić information content (AvgIpc) is 3.26. The standard InChI is InChI=1S/C24H28N6O2/c1-4-29(16-18-8-6-5-7-9-18)22(23-26-27-28-30(23)12-13-32-3)20-15-19-11-10-17(2)14-21(19)25-24(20)31/h5-11,14-15,22H,4,12-13,16H2,1-3H3,(H,25,31)/t22-/m1/s1. The van der Waals surface area contributed by atoms with E-state index in [-0.39, 0.29) is 5.56 Å². The van der Waals surface area contributed by atoms with Crippen molar-refractivity contribution in [3.05, 3.63) is 87.5 Å². The third-order valence-electron chi connectivity index (χ3n) is 5.64. The fourth-order valence-corrected chi connectivity index (χ4v) is 3.98. The Balaban J connectivity index is 1.85. The van der Waals surface area contributed by atoms with Gasteiger partial charge in [-0.15, -0.1) is 5.10 Å². The molecule has 0 bridgehead atoms. The Labute approximate surface area is 186 Å². The van der Waals surface area contributed by atoms with E-state index in [2.05, 4.69) is 44.5 Å². The van der Waals surface area contributed by atoms with Crippen LogP contribution in [0.1, 0.15) is 35.5 Å². The van der Waals surface area contributed by atoms with Crippen molar-refractivity contribution in [2.45, 2.75) is 33.0 Å². The third-order valence-corrected chi connectivity index (χ3v) is 5.64.